The number of nitrogens with one attached hydrogen (secondary N) is 1. The predicted molar refractivity (Wildman–Crippen MR) is 112 cm³/mol. The number of ether oxygens (including phenoxy) is 1. The molecule has 0 spiro atoms. The monoisotopic (exact) mass is 426 g/mol. The molecule has 2 aromatic rings. The molecule has 9 nitrogen and oxygen atoms in total. The first-order valence-electron chi connectivity index (χ1n) is 9.00. The molecule has 1 atom stereocenters. The van der Waals surface area contributed by atoms with Crippen LogP contribution in [-0.4, -0.2) is 39.9 Å². The molecule has 0 saturated heterocycles. The van der Waals surface area contributed by atoms with E-state index in [9.17, 15) is 14.4 Å². The van der Waals surface area contributed by atoms with Crippen LogP contribution in [0.3, 0.4) is 0 Å². The summed E-state index contributed by atoms with van der Waals surface area (Å²) in [5.74, 6) is -0.515. The van der Waals surface area contributed by atoms with E-state index in [0.717, 1.165) is 11.8 Å². The zero-order chi connectivity index (χ0) is 21.3. The average Bonchev–Trinajstić information content (AvgIpc) is 2.73. The largest absolute Gasteiger partial charge is 0.481 e. The van der Waals surface area contributed by atoms with Crippen molar-refractivity contribution >= 4 is 40.4 Å². The van der Waals surface area contributed by atoms with Crippen molar-refractivity contribution in [2.75, 3.05) is 11.1 Å². The van der Waals surface area contributed by atoms with Crippen LogP contribution in [-0.2, 0) is 14.4 Å². The number of nitrogens with zero attached hydrogens (tertiary/aromatic N) is 3. The van der Waals surface area contributed by atoms with E-state index in [4.69, 9.17) is 9.84 Å². The number of amides is 2. The molecule has 0 radical (unpaired) electrons. The van der Waals surface area contributed by atoms with Crippen molar-refractivity contribution in [1.29, 1.82) is 0 Å². The fraction of sp³-hybridized carbons (Fsp3) is 0.200. The minimum atomic E-state index is -1.02. The van der Waals surface area contributed by atoms with Gasteiger partial charge in [0, 0.05) is 12.1 Å². The number of carbonyl (C=O) groups is 3. The topological polar surface area (TPSA) is 130 Å². The first kappa shape index (κ1) is 21.2. The molecular formula is C20H18N4O5S. The standard InChI is InChI=1S/C20H18N4O5S/c25-17(12-30-20-22-19(28)16(23-24-20)10-11-18(26)27)21-13-6-8-15(9-7-13)29-14-4-2-1-3-5-14/h1-9,16H,10-12H2,(H,21,25)(H,26,27). The lowest BCUT2D eigenvalue weighted by Crippen LogP contribution is -2.22. The maximum atomic E-state index is 12.1. The highest BCUT2D eigenvalue weighted by Crippen LogP contribution is 2.23. The number of para-hydroxylation sites is 1. The quantitative estimate of drug-likeness (QED) is 0.661. The van der Waals surface area contributed by atoms with E-state index >= 15 is 0 Å². The van der Waals surface area contributed by atoms with Crippen LogP contribution in [0.5, 0.6) is 11.5 Å². The van der Waals surface area contributed by atoms with Gasteiger partial charge in [0.15, 0.2) is 6.04 Å². The van der Waals surface area contributed by atoms with Crippen molar-refractivity contribution in [3.63, 3.8) is 0 Å². The van der Waals surface area contributed by atoms with Crippen molar-refractivity contribution < 1.29 is 24.2 Å². The zero-order valence-electron chi connectivity index (χ0n) is 15.7. The van der Waals surface area contributed by atoms with Gasteiger partial charge in [0.1, 0.15) is 11.5 Å². The number of azo groups is 1. The van der Waals surface area contributed by atoms with E-state index in [-0.39, 0.29) is 29.7 Å². The Kier molecular flexibility index (Phi) is 7.28. The maximum Gasteiger partial charge on any atom is 0.303 e. The van der Waals surface area contributed by atoms with Crippen molar-refractivity contribution in [3.05, 3.63) is 54.6 Å². The molecule has 0 fully saturated rings. The number of carbonyl (C=O) groups excluding carboxylic acids is 2. The summed E-state index contributed by atoms with van der Waals surface area (Å²) >= 11 is 0.976. The van der Waals surface area contributed by atoms with Gasteiger partial charge in [0.2, 0.25) is 11.1 Å². The molecule has 2 amide bonds. The van der Waals surface area contributed by atoms with Crippen LogP contribution < -0.4 is 10.1 Å². The summed E-state index contributed by atoms with van der Waals surface area (Å²) in [6, 6.07) is 15.4. The number of rotatable bonds is 8. The molecule has 0 aliphatic carbocycles. The molecule has 10 heteroatoms. The van der Waals surface area contributed by atoms with Gasteiger partial charge >= 0.3 is 5.97 Å². The lowest BCUT2D eigenvalue weighted by Gasteiger charge is -2.11. The average molecular weight is 426 g/mol. The molecule has 1 aliphatic rings. The number of aliphatic imine (C=N–C) groups is 1. The van der Waals surface area contributed by atoms with E-state index < -0.39 is 17.9 Å². The molecule has 0 bridgehead atoms. The van der Waals surface area contributed by atoms with Crippen LogP contribution in [0.4, 0.5) is 5.69 Å². The lowest BCUT2D eigenvalue weighted by atomic mass is 10.1. The summed E-state index contributed by atoms with van der Waals surface area (Å²) in [5.41, 5.74) is 0.595. The Hall–Kier alpha value is -3.53. The third-order valence-corrected chi connectivity index (χ3v) is 4.69. The third-order valence-electron chi connectivity index (χ3n) is 3.85. The van der Waals surface area contributed by atoms with Gasteiger partial charge in [-0.25, -0.2) is 0 Å². The van der Waals surface area contributed by atoms with Crippen molar-refractivity contribution in [2.24, 2.45) is 15.2 Å². The summed E-state index contributed by atoms with van der Waals surface area (Å²) in [6.07, 6.45) is -0.144. The Bertz CT molecular complexity index is 976. The second kappa shape index (κ2) is 10.3. The minimum absolute atomic E-state index is 0.00675. The van der Waals surface area contributed by atoms with Crippen LogP contribution in [0, 0.1) is 0 Å². The minimum Gasteiger partial charge on any atom is -0.481 e. The predicted octanol–water partition coefficient (Wildman–Crippen LogP) is 3.73. The molecule has 1 unspecified atom stereocenters. The Morgan fingerprint density at radius 1 is 1.07 bits per heavy atom. The number of benzene rings is 2. The van der Waals surface area contributed by atoms with Crippen molar-refractivity contribution in [1.82, 2.24) is 0 Å². The van der Waals surface area contributed by atoms with E-state index in [1.807, 2.05) is 30.3 Å². The fourth-order valence-electron chi connectivity index (χ4n) is 2.42. The lowest BCUT2D eigenvalue weighted by molar-refractivity contribution is -0.137. The molecule has 1 aliphatic heterocycles. The number of hydrogen-bond acceptors (Lipinski definition) is 7. The molecule has 154 valence electrons. The molecule has 2 aromatic carbocycles. The number of hydrogen-bond donors (Lipinski definition) is 2. The smallest absolute Gasteiger partial charge is 0.303 e. The Balaban J connectivity index is 1.45. The number of aliphatic carboxylic acids is 1. The first-order valence-corrected chi connectivity index (χ1v) is 9.99. The molecule has 1 heterocycles. The van der Waals surface area contributed by atoms with Crippen LogP contribution in [0.1, 0.15) is 12.8 Å². The molecule has 3 rings (SSSR count). The van der Waals surface area contributed by atoms with E-state index in [1.165, 1.54) is 0 Å². The third kappa shape index (κ3) is 6.52. The van der Waals surface area contributed by atoms with Crippen LogP contribution >= 0.6 is 11.8 Å². The van der Waals surface area contributed by atoms with Gasteiger partial charge < -0.3 is 15.2 Å². The first-order chi connectivity index (χ1) is 14.5. The van der Waals surface area contributed by atoms with E-state index in [0.29, 0.717) is 17.2 Å². The van der Waals surface area contributed by atoms with Crippen LogP contribution in [0.2, 0.25) is 0 Å². The van der Waals surface area contributed by atoms with E-state index in [2.05, 4.69) is 20.5 Å². The summed E-state index contributed by atoms with van der Waals surface area (Å²) in [6.45, 7) is 0. The summed E-state index contributed by atoms with van der Waals surface area (Å²) in [5, 5.41) is 19.0. The van der Waals surface area contributed by atoms with Gasteiger partial charge in [0.05, 0.1) is 5.75 Å². The number of carboxylic acids is 1. The summed E-state index contributed by atoms with van der Waals surface area (Å²) in [4.78, 5) is 38.3. The van der Waals surface area contributed by atoms with E-state index in [1.54, 1.807) is 24.3 Å². The normalized spacial score (nSPS) is 15.4. The van der Waals surface area contributed by atoms with Gasteiger partial charge in [-0.2, -0.15) is 10.1 Å². The zero-order valence-corrected chi connectivity index (χ0v) is 16.5. The number of amidine groups is 1. The van der Waals surface area contributed by atoms with Crippen molar-refractivity contribution in [2.45, 2.75) is 18.9 Å². The Labute approximate surface area is 176 Å². The van der Waals surface area contributed by atoms with Gasteiger partial charge in [-0.15, -0.1) is 5.11 Å². The number of thioether (sulfide) groups is 1. The van der Waals surface area contributed by atoms with Crippen LogP contribution in [0.15, 0.2) is 69.8 Å². The highest BCUT2D eigenvalue weighted by Gasteiger charge is 2.23. The second-order valence-corrected chi connectivity index (χ2v) is 7.12. The SMILES string of the molecule is O=C(O)CCC1N=NC(SCC(=O)Nc2ccc(Oc3ccccc3)cc2)=NC1=O. The van der Waals surface area contributed by atoms with Gasteiger partial charge in [0.25, 0.3) is 5.91 Å². The molecule has 30 heavy (non-hydrogen) atoms. The fourth-order valence-corrected chi connectivity index (χ4v) is 3.01. The Morgan fingerprint density at radius 3 is 2.43 bits per heavy atom. The summed E-state index contributed by atoms with van der Waals surface area (Å²) < 4.78 is 5.69. The van der Waals surface area contributed by atoms with Crippen molar-refractivity contribution in [3.8, 4) is 11.5 Å². The van der Waals surface area contributed by atoms with Gasteiger partial charge in [-0.1, -0.05) is 30.0 Å². The molecule has 0 saturated carbocycles. The van der Waals surface area contributed by atoms with Gasteiger partial charge in [-0.05, 0) is 42.8 Å². The van der Waals surface area contributed by atoms with Crippen LogP contribution in [0.25, 0.3) is 0 Å². The second-order valence-electron chi connectivity index (χ2n) is 6.17. The van der Waals surface area contributed by atoms with Gasteiger partial charge in [-0.3, -0.25) is 14.4 Å². The molecule has 0 aromatic heterocycles. The number of anilines is 1. The summed E-state index contributed by atoms with van der Waals surface area (Å²) in [7, 11) is 0. The Morgan fingerprint density at radius 2 is 1.77 bits per heavy atom. The molecular weight excluding hydrogens is 408 g/mol. The molecule has 2 N–H and O–H groups in total. The highest BCUT2D eigenvalue weighted by atomic mass is 32.2. The number of carboxylic acid groups (broad SMARTS) is 1. The maximum absolute atomic E-state index is 12.1. The highest BCUT2D eigenvalue weighted by molar-refractivity contribution is 8.14.